The van der Waals surface area contributed by atoms with Crippen molar-refractivity contribution >= 4 is 17.5 Å². The summed E-state index contributed by atoms with van der Waals surface area (Å²) in [7, 11) is 1.36. The summed E-state index contributed by atoms with van der Waals surface area (Å²) in [5.74, 6) is -1.80. The highest BCUT2D eigenvalue weighted by Crippen LogP contribution is 2.48. The maximum absolute atomic E-state index is 12.9. The Morgan fingerprint density at radius 3 is 2.32 bits per heavy atom. The topological polar surface area (TPSA) is 108 Å². The minimum atomic E-state index is -0.876. The molecule has 144 valence electrons. The first-order valence-electron chi connectivity index (χ1n) is 8.58. The average Bonchev–Trinajstić information content (AvgIpc) is 3.35. The highest BCUT2D eigenvalue weighted by atomic mass is 16.6. The van der Waals surface area contributed by atoms with Gasteiger partial charge in [0.15, 0.2) is 11.5 Å². The number of hydrogen-bond acceptors (Lipinski definition) is 7. The number of carbonyl (C=O) groups is 2. The lowest BCUT2D eigenvalue weighted by molar-refractivity contribution is -0.385. The minimum absolute atomic E-state index is 0.000705. The number of rotatable bonds is 5. The molecule has 0 aromatic heterocycles. The SMILES string of the molecule is C#COc1cc([N+](=O)[O-])c(C(C)N2C(=O)C3C4C=CC(O4)C3C2=O)cc1OC. The fourth-order valence-electron chi connectivity index (χ4n) is 4.21. The van der Waals surface area contributed by atoms with Crippen molar-refractivity contribution in [3.8, 4) is 24.0 Å². The van der Waals surface area contributed by atoms with Crippen LogP contribution in [0.2, 0.25) is 0 Å². The monoisotopic (exact) mass is 384 g/mol. The van der Waals surface area contributed by atoms with Gasteiger partial charge in [0.05, 0.1) is 53.7 Å². The predicted molar refractivity (Wildman–Crippen MR) is 94.2 cm³/mol. The number of ether oxygens (including phenoxy) is 3. The van der Waals surface area contributed by atoms with Crippen LogP contribution in [-0.2, 0) is 14.3 Å². The predicted octanol–water partition coefficient (Wildman–Crippen LogP) is 1.57. The molecule has 0 saturated carbocycles. The van der Waals surface area contributed by atoms with Gasteiger partial charge in [0.1, 0.15) is 6.11 Å². The smallest absolute Gasteiger partial charge is 0.278 e. The second-order valence-electron chi connectivity index (χ2n) is 6.76. The number of imide groups is 1. The summed E-state index contributed by atoms with van der Waals surface area (Å²) in [6.07, 6.45) is 9.76. The number of terminal acetylenes is 1. The zero-order valence-corrected chi connectivity index (χ0v) is 15.0. The highest BCUT2D eigenvalue weighted by molar-refractivity contribution is 6.07. The molecule has 2 fully saturated rings. The second kappa shape index (κ2) is 6.35. The van der Waals surface area contributed by atoms with Crippen LogP contribution in [0.5, 0.6) is 11.5 Å². The van der Waals surface area contributed by atoms with Gasteiger partial charge in [-0.1, -0.05) is 18.6 Å². The van der Waals surface area contributed by atoms with E-state index in [1.807, 2.05) is 6.11 Å². The molecule has 9 heteroatoms. The van der Waals surface area contributed by atoms with E-state index in [9.17, 15) is 19.7 Å². The van der Waals surface area contributed by atoms with Crippen molar-refractivity contribution < 1.29 is 28.7 Å². The summed E-state index contributed by atoms with van der Waals surface area (Å²) in [4.78, 5) is 38.0. The van der Waals surface area contributed by atoms with Gasteiger partial charge in [0.25, 0.3) is 5.69 Å². The van der Waals surface area contributed by atoms with Gasteiger partial charge in [0.2, 0.25) is 11.8 Å². The number of fused-ring (bicyclic) bond motifs is 5. The van der Waals surface area contributed by atoms with E-state index >= 15 is 0 Å². The number of methoxy groups -OCH3 is 1. The number of nitrogens with zero attached hydrogens (tertiary/aromatic N) is 2. The van der Waals surface area contributed by atoms with E-state index in [2.05, 4.69) is 0 Å². The van der Waals surface area contributed by atoms with Crippen molar-refractivity contribution in [2.75, 3.05) is 7.11 Å². The number of likely N-dealkylation sites (tertiary alicyclic amines) is 1. The van der Waals surface area contributed by atoms with E-state index in [-0.39, 0.29) is 22.7 Å². The molecule has 2 amide bonds. The van der Waals surface area contributed by atoms with E-state index in [0.717, 1.165) is 11.0 Å². The Morgan fingerprint density at radius 2 is 1.82 bits per heavy atom. The van der Waals surface area contributed by atoms with E-state index in [0.29, 0.717) is 0 Å². The van der Waals surface area contributed by atoms with Crippen molar-refractivity contribution in [3.05, 3.63) is 40.0 Å². The van der Waals surface area contributed by atoms with Crippen LogP contribution in [0.3, 0.4) is 0 Å². The van der Waals surface area contributed by atoms with Crippen LogP contribution in [-0.4, -0.2) is 41.0 Å². The molecule has 3 heterocycles. The molecular weight excluding hydrogens is 368 g/mol. The van der Waals surface area contributed by atoms with Crippen LogP contribution in [0.25, 0.3) is 0 Å². The first-order valence-corrected chi connectivity index (χ1v) is 8.58. The first-order chi connectivity index (χ1) is 13.4. The molecule has 5 atom stereocenters. The molecule has 0 radical (unpaired) electrons. The maximum atomic E-state index is 12.9. The number of hydrogen-bond donors (Lipinski definition) is 0. The number of benzene rings is 1. The molecule has 2 bridgehead atoms. The zero-order valence-electron chi connectivity index (χ0n) is 15.0. The van der Waals surface area contributed by atoms with Crippen molar-refractivity contribution in [1.82, 2.24) is 4.90 Å². The molecule has 1 aromatic carbocycles. The van der Waals surface area contributed by atoms with Crippen molar-refractivity contribution in [2.45, 2.75) is 25.2 Å². The van der Waals surface area contributed by atoms with Crippen molar-refractivity contribution in [3.63, 3.8) is 0 Å². The van der Waals surface area contributed by atoms with Crippen LogP contribution < -0.4 is 9.47 Å². The summed E-state index contributed by atoms with van der Waals surface area (Å²) in [5, 5.41) is 11.6. The van der Waals surface area contributed by atoms with Gasteiger partial charge in [0, 0.05) is 0 Å². The largest absolute Gasteiger partial charge is 0.493 e. The third kappa shape index (κ3) is 2.38. The van der Waals surface area contributed by atoms with Crippen LogP contribution in [0.15, 0.2) is 24.3 Å². The van der Waals surface area contributed by atoms with Crippen LogP contribution in [0.4, 0.5) is 5.69 Å². The normalized spacial score (nSPS) is 28.2. The summed E-state index contributed by atoms with van der Waals surface area (Å²) in [6.45, 7) is 1.57. The Balaban J connectivity index is 1.75. The van der Waals surface area contributed by atoms with Gasteiger partial charge in [-0.15, -0.1) is 0 Å². The van der Waals surface area contributed by atoms with Crippen LogP contribution in [0, 0.1) is 34.5 Å². The molecular formula is C19H16N2O7. The molecule has 1 aromatic rings. The summed E-state index contributed by atoms with van der Waals surface area (Å²) >= 11 is 0. The lowest BCUT2D eigenvalue weighted by Gasteiger charge is -2.25. The van der Waals surface area contributed by atoms with Gasteiger partial charge in [-0.05, 0) is 13.0 Å². The standard InChI is InChI=1S/C19H16N2O7/c1-4-27-15-8-11(21(24)25)10(7-14(15)26-3)9(2)20-18(22)16-12-5-6-13(28-12)17(16)19(20)23/h1,5-9,12-13,16-17H,2-3H3. The van der Waals surface area contributed by atoms with E-state index in [4.69, 9.17) is 20.6 Å². The molecule has 28 heavy (non-hydrogen) atoms. The van der Waals surface area contributed by atoms with Gasteiger partial charge >= 0.3 is 0 Å². The zero-order chi connectivity index (χ0) is 20.2. The van der Waals surface area contributed by atoms with Gasteiger partial charge in [-0.2, -0.15) is 0 Å². The molecule has 0 spiro atoms. The Bertz CT molecular complexity index is 934. The first kappa shape index (κ1) is 18.0. The molecule has 2 saturated heterocycles. The second-order valence-corrected chi connectivity index (χ2v) is 6.76. The summed E-state index contributed by atoms with van der Waals surface area (Å²) < 4.78 is 15.8. The molecule has 4 rings (SSSR count). The average molecular weight is 384 g/mol. The molecule has 9 nitrogen and oxygen atoms in total. The van der Waals surface area contributed by atoms with Crippen LogP contribution >= 0.6 is 0 Å². The fourth-order valence-corrected chi connectivity index (χ4v) is 4.21. The highest BCUT2D eigenvalue weighted by Gasteiger charge is 2.61. The van der Waals surface area contributed by atoms with Gasteiger partial charge in [-0.3, -0.25) is 24.6 Å². The fraction of sp³-hybridized carbons (Fsp3) is 0.368. The maximum Gasteiger partial charge on any atom is 0.278 e. The van der Waals surface area contributed by atoms with E-state index in [1.165, 1.54) is 13.2 Å². The molecule has 5 unspecified atom stereocenters. The lowest BCUT2D eigenvalue weighted by atomic mass is 9.85. The third-order valence-corrected chi connectivity index (χ3v) is 5.46. The Labute approximate surface area is 160 Å². The summed E-state index contributed by atoms with van der Waals surface area (Å²) in [6, 6.07) is 1.62. The molecule has 3 aliphatic heterocycles. The number of amides is 2. The van der Waals surface area contributed by atoms with Crippen molar-refractivity contribution in [1.29, 1.82) is 0 Å². The van der Waals surface area contributed by atoms with Crippen molar-refractivity contribution in [2.24, 2.45) is 11.8 Å². The minimum Gasteiger partial charge on any atom is -0.493 e. The van der Waals surface area contributed by atoms with Gasteiger partial charge in [-0.25, -0.2) is 0 Å². The molecule has 0 N–H and O–H groups in total. The molecule has 0 aliphatic carbocycles. The van der Waals surface area contributed by atoms with Crippen LogP contribution in [0.1, 0.15) is 18.5 Å². The van der Waals surface area contributed by atoms with E-state index < -0.39 is 46.8 Å². The number of nitro benzene ring substituents is 1. The quantitative estimate of drug-likeness (QED) is 0.249. The lowest BCUT2D eigenvalue weighted by Crippen LogP contribution is -2.36. The van der Waals surface area contributed by atoms with Gasteiger partial charge < -0.3 is 14.2 Å². The van der Waals surface area contributed by atoms with E-state index in [1.54, 1.807) is 19.1 Å². The Kier molecular flexibility index (Phi) is 4.08. The number of nitro groups is 1. The summed E-state index contributed by atoms with van der Waals surface area (Å²) in [5.41, 5.74) is -0.178. The molecule has 3 aliphatic rings. The Hall–Kier alpha value is -3.38. The third-order valence-electron chi connectivity index (χ3n) is 5.46. The Morgan fingerprint density at radius 1 is 1.21 bits per heavy atom. The number of carbonyl (C=O) groups excluding carboxylic acids is 2.